The summed E-state index contributed by atoms with van der Waals surface area (Å²) >= 11 is 5.34. The molecule has 39 heavy (non-hydrogen) atoms. The van der Waals surface area contributed by atoms with Gasteiger partial charge in [-0.05, 0) is 56.8 Å². The Morgan fingerprint density at radius 3 is 1.79 bits per heavy atom. The van der Waals surface area contributed by atoms with Crippen molar-refractivity contribution in [2.45, 2.75) is 62.0 Å². The van der Waals surface area contributed by atoms with Gasteiger partial charge >= 0.3 is 12.1 Å². The summed E-state index contributed by atoms with van der Waals surface area (Å²) in [6, 6.07) is 29.4. The highest BCUT2D eigenvalue weighted by Crippen LogP contribution is 2.45. The molecule has 1 amide bonds. The molecule has 1 heterocycles. The summed E-state index contributed by atoms with van der Waals surface area (Å²) in [6.07, 6.45) is 0.808. The maximum Gasteiger partial charge on any atom is 0.407 e. The van der Waals surface area contributed by atoms with Crippen LogP contribution < -0.4 is 5.32 Å². The molecule has 206 valence electrons. The van der Waals surface area contributed by atoms with Gasteiger partial charge in [0.15, 0.2) is 0 Å². The normalized spacial score (nSPS) is 17.8. The Hall–Kier alpha value is -3.29. The van der Waals surface area contributed by atoms with Crippen LogP contribution in [0.3, 0.4) is 0 Å². The monoisotopic (exact) mass is 546 g/mol. The van der Waals surface area contributed by atoms with Gasteiger partial charge in [-0.25, -0.2) is 4.79 Å². The molecule has 0 radical (unpaired) electrons. The van der Waals surface area contributed by atoms with Gasteiger partial charge in [-0.2, -0.15) is 12.6 Å². The number of likely N-dealkylation sites (tertiary alicyclic amines) is 1. The first kappa shape index (κ1) is 28.7. The van der Waals surface area contributed by atoms with Crippen molar-refractivity contribution >= 4 is 24.7 Å². The molecule has 3 atom stereocenters. The Balaban J connectivity index is 1.88. The highest BCUT2D eigenvalue weighted by atomic mass is 32.1. The molecule has 3 aromatic rings. The molecule has 6 nitrogen and oxygen atoms in total. The molecule has 2 unspecified atom stereocenters. The molecule has 1 aliphatic heterocycles. The number of nitrogens with one attached hydrogen (secondary N) is 1. The zero-order chi connectivity index (χ0) is 28.0. The Bertz CT molecular complexity index is 1130. The van der Waals surface area contributed by atoms with E-state index < -0.39 is 40.4 Å². The van der Waals surface area contributed by atoms with Gasteiger partial charge in [0, 0.05) is 11.8 Å². The van der Waals surface area contributed by atoms with Crippen LogP contribution >= 0.6 is 12.6 Å². The Morgan fingerprint density at radius 2 is 1.38 bits per heavy atom. The van der Waals surface area contributed by atoms with E-state index in [1.54, 1.807) is 0 Å². The highest BCUT2D eigenvalue weighted by Gasteiger charge is 2.47. The molecule has 1 aliphatic rings. The lowest BCUT2D eigenvalue weighted by Crippen LogP contribution is -2.57. The number of carboxylic acids is 1. The first-order chi connectivity index (χ1) is 18.6. The summed E-state index contributed by atoms with van der Waals surface area (Å²) in [7, 11) is 0. The fourth-order valence-corrected chi connectivity index (χ4v) is 6.29. The van der Waals surface area contributed by atoms with Crippen molar-refractivity contribution in [3.05, 3.63) is 108 Å². The fourth-order valence-electron chi connectivity index (χ4n) is 5.68. The van der Waals surface area contributed by atoms with E-state index in [1.165, 1.54) is 0 Å². The predicted molar refractivity (Wildman–Crippen MR) is 157 cm³/mol. The third-order valence-electron chi connectivity index (χ3n) is 7.29. The zero-order valence-electron chi connectivity index (χ0n) is 22.8. The Kier molecular flexibility index (Phi) is 9.03. The number of ether oxygens (including phenoxy) is 1. The van der Waals surface area contributed by atoms with Gasteiger partial charge in [0.25, 0.3) is 0 Å². The molecule has 3 aromatic carbocycles. The predicted octanol–water partition coefficient (Wildman–Crippen LogP) is 5.76. The number of benzene rings is 3. The summed E-state index contributed by atoms with van der Waals surface area (Å²) in [4.78, 5) is 27.2. The van der Waals surface area contributed by atoms with Crippen molar-refractivity contribution in [2.24, 2.45) is 0 Å². The smallest absolute Gasteiger partial charge is 0.407 e. The van der Waals surface area contributed by atoms with Gasteiger partial charge in [0.05, 0.1) is 11.5 Å². The van der Waals surface area contributed by atoms with Gasteiger partial charge in [0.2, 0.25) is 0 Å². The number of carbonyl (C=O) groups is 2. The maximum atomic E-state index is 13.2. The first-order valence-corrected chi connectivity index (χ1v) is 14.0. The van der Waals surface area contributed by atoms with E-state index in [9.17, 15) is 14.7 Å². The molecule has 0 spiro atoms. The van der Waals surface area contributed by atoms with E-state index in [1.807, 2.05) is 80.3 Å². The molecule has 0 aromatic heterocycles. The summed E-state index contributed by atoms with van der Waals surface area (Å²) in [5.41, 5.74) is 1.61. The summed E-state index contributed by atoms with van der Waals surface area (Å²) < 4.78 is 5.67. The molecule has 4 rings (SSSR count). The van der Waals surface area contributed by atoms with E-state index in [2.05, 4.69) is 41.7 Å². The van der Waals surface area contributed by atoms with Gasteiger partial charge < -0.3 is 15.2 Å². The van der Waals surface area contributed by atoms with E-state index in [-0.39, 0.29) is 0 Å². The third-order valence-corrected chi connectivity index (χ3v) is 8.04. The van der Waals surface area contributed by atoms with Crippen LogP contribution in [0.2, 0.25) is 0 Å². The molecule has 0 bridgehead atoms. The molecule has 7 heteroatoms. The number of hydrogen-bond donors (Lipinski definition) is 3. The maximum absolute atomic E-state index is 13.2. The second-order valence-electron chi connectivity index (χ2n) is 11.1. The number of nitrogens with zero attached hydrogens (tertiary/aromatic N) is 1. The molecule has 1 fully saturated rings. The van der Waals surface area contributed by atoms with Gasteiger partial charge in [-0.15, -0.1) is 0 Å². The number of hydrogen-bond acceptors (Lipinski definition) is 5. The van der Waals surface area contributed by atoms with Crippen molar-refractivity contribution in [1.82, 2.24) is 10.2 Å². The lowest BCUT2D eigenvalue weighted by Gasteiger charge is -2.45. The number of carbonyl (C=O) groups excluding carboxylic acids is 1. The van der Waals surface area contributed by atoms with Crippen molar-refractivity contribution in [3.63, 3.8) is 0 Å². The summed E-state index contributed by atoms with van der Waals surface area (Å²) in [6.45, 7) is 6.42. The lowest BCUT2D eigenvalue weighted by atomic mass is 9.65. The van der Waals surface area contributed by atoms with Crippen LogP contribution in [0.1, 0.15) is 50.3 Å². The average Bonchev–Trinajstić information content (AvgIpc) is 3.38. The van der Waals surface area contributed by atoms with Crippen molar-refractivity contribution in [1.29, 1.82) is 0 Å². The number of rotatable bonds is 9. The molecule has 0 saturated carbocycles. The number of amides is 1. The largest absolute Gasteiger partial charge is 0.480 e. The third kappa shape index (κ3) is 6.48. The lowest BCUT2D eigenvalue weighted by molar-refractivity contribution is -0.142. The Labute approximate surface area is 236 Å². The van der Waals surface area contributed by atoms with Gasteiger partial charge in [-0.1, -0.05) is 91.0 Å². The SMILES string of the molecule is CC(C)(C)OC(=O)NC(CN1CCC[C@H]1C(=O)O)C(S)C(c1ccccc1)(c1ccccc1)c1ccccc1. The number of aliphatic carboxylic acids is 1. The van der Waals surface area contributed by atoms with E-state index in [0.29, 0.717) is 19.5 Å². The molecule has 2 N–H and O–H groups in total. The second kappa shape index (κ2) is 12.3. The number of alkyl carbamates (subject to hydrolysis) is 1. The minimum Gasteiger partial charge on any atom is -0.480 e. The molecule has 1 saturated heterocycles. The highest BCUT2D eigenvalue weighted by molar-refractivity contribution is 7.81. The average molecular weight is 547 g/mol. The van der Waals surface area contributed by atoms with Crippen LogP contribution in [-0.4, -0.2) is 58.1 Å². The van der Waals surface area contributed by atoms with E-state index in [0.717, 1.165) is 23.1 Å². The van der Waals surface area contributed by atoms with E-state index >= 15 is 0 Å². The Morgan fingerprint density at radius 1 is 0.923 bits per heavy atom. The standard InChI is InChI=1S/C32H38N2O4S/c1-31(2,3)38-30(37)33-26(22-34-21-13-20-27(34)29(35)36)28(39)32(23-14-7-4-8-15-23,24-16-9-5-10-17-24)25-18-11-6-12-19-25/h4-12,14-19,26-28,39H,13,20-22H2,1-3H3,(H,33,37)(H,35,36)/t26?,27-,28?/m0/s1. The zero-order valence-corrected chi connectivity index (χ0v) is 23.7. The van der Waals surface area contributed by atoms with Gasteiger partial charge in [-0.3, -0.25) is 9.69 Å². The molecule has 0 aliphatic carbocycles. The topological polar surface area (TPSA) is 78.9 Å². The van der Waals surface area contributed by atoms with Crippen molar-refractivity contribution in [2.75, 3.05) is 13.1 Å². The first-order valence-electron chi connectivity index (χ1n) is 13.4. The van der Waals surface area contributed by atoms with Crippen LogP contribution in [0.15, 0.2) is 91.0 Å². The van der Waals surface area contributed by atoms with Crippen LogP contribution in [0, 0.1) is 0 Å². The second-order valence-corrected chi connectivity index (χ2v) is 11.7. The number of thiol groups is 1. The quantitative estimate of drug-likeness (QED) is 0.235. The van der Waals surface area contributed by atoms with Crippen molar-refractivity contribution < 1.29 is 19.4 Å². The fraction of sp³-hybridized carbons (Fsp3) is 0.375. The summed E-state index contributed by atoms with van der Waals surface area (Å²) in [5.74, 6) is -0.848. The molecular formula is C32H38N2O4S. The minimum absolute atomic E-state index is 0.318. The summed E-state index contributed by atoms with van der Waals surface area (Å²) in [5, 5.41) is 12.5. The van der Waals surface area contributed by atoms with Crippen LogP contribution in [0.25, 0.3) is 0 Å². The van der Waals surface area contributed by atoms with Gasteiger partial charge in [0.1, 0.15) is 11.6 Å². The van der Waals surface area contributed by atoms with Crippen LogP contribution in [0.5, 0.6) is 0 Å². The van der Waals surface area contributed by atoms with Crippen molar-refractivity contribution in [3.8, 4) is 0 Å². The minimum atomic E-state index is -0.848. The van der Waals surface area contributed by atoms with E-state index in [4.69, 9.17) is 17.4 Å². The van der Waals surface area contributed by atoms with Crippen LogP contribution in [0.4, 0.5) is 4.79 Å². The van der Waals surface area contributed by atoms with Crippen LogP contribution in [-0.2, 0) is 14.9 Å². The molecular weight excluding hydrogens is 508 g/mol. The number of carboxylic acid groups (broad SMARTS) is 1.